The summed E-state index contributed by atoms with van der Waals surface area (Å²) in [7, 11) is -6.93. The van der Waals surface area contributed by atoms with Gasteiger partial charge in [-0.15, -0.1) is 22.7 Å². The van der Waals surface area contributed by atoms with Gasteiger partial charge in [0.2, 0.25) is 20.0 Å². The van der Waals surface area contributed by atoms with Crippen molar-refractivity contribution in [2.75, 3.05) is 20.9 Å². The number of anilines is 2. The van der Waals surface area contributed by atoms with Crippen LogP contribution in [0.25, 0.3) is 30.3 Å². The third kappa shape index (κ3) is 14.8. The van der Waals surface area contributed by atoms with E-state index in [-0.39, 0.29) is 11.5 Å². The zero-order valence-corrected chi connectivity index (χ0v) is 34.9. The van der Waals surface area contributed by atoms with Gasteiger partial charge in [-0.05, 0) is 37.1 Å². The summed E-state index contributed by atoms with van der Waals surface area (Å²) in [6.45, 7) is 4.47. The number of benzene rings is 2. The third-order valence-electron chi connectivity index (χ3n) is 9.66. The van der Waals surface area contributed by atoms with Crippen LogP contribution in [0.2, 0.25) is 0 Å². The average Bonchev–Trinajstić information content (AvgIpc) is 3.70. The minimum Gasteiger partial charge on any atom is -0.283 e. The molecule has 0 bridgehead atoms. The first-order valence-electron chi connectivity index (χ1n) is 19.9. The Morgan fingerprint density at radius 3 is 1.10 bits per heavy atom. The van der Waals surface area contributed by atoms with Crippen LogP contribution in [-0.2, 0) is 20.0 Å². The van der Waals surface area contributed by atoms with E-state index in [4.69, 9.17) is 0 Å². The molecular formula is C42H62N2O4S4. The van der Waals surface area contributed by atoms with Crippen LogP contribution in [0.15, 0.2) is 60.7 Å². The molecule has 4 rings (SSSR count). The van der Waals surface area contributed by atoms with E-state index in [0.29, 0.717) is 24.2 Å². The molecule has 0 aliphatic rings. The highest BCUT2D eigenvalue weighted by Crippen LogP contribution is 2.45. The van der Waals surface area contributed by atoms with E-state index < -0.39 is 20.0 Å². The lowest BCUT2D eigenvalue weighted by Gasteiger charge is -2.12. The first-order valence-corrected chi connectivity index (χ1v) is 24.9. The van der Waals surface area contributed by atoms with Crippen LogP contribution in [0, 0.1) is 0 Å². The van der Waals surface area contributed by atoms with Crippen molar-refractivity contribution in [3.05, 3.63) is 60.7 Å². The van der Waals surface area contributed by atoms with Gasteiger partial charge < -0.3 is 0 Å². The van der Waals surface area contributed by atoms with Crippen molar-refractivity contribution in [3.8, 4) is 20.9 Å². The van der Waals surface area contributed by atoms with Gasteiger partial charge in [-0.3, -0.25) is 9.44 Å². The smallest absolute Gasteiger partial charge is 0.232 e. The van der Waals surface area contributed by atoms with E-state index >= 15 is 0 Å². The second-order valence-electron chi connectivity index (χ2n) is 14.2. The van der Waals surface area contributed by atoms with E-state index in [1.54, 1.807) is 22.7 Å². The summed E-state index contributed by atoms with van der Waals surface area (Å²) in [4.78, 5) is 1.99. The van der Waals surface area contributed by atoms with Crippen LogP contribution in [-0.4, -0.2) is 28.3 Å². The molecule has 0 saturated carbocycles. The van der Waals surface area contributed by atoms with Crippen molar-refractivity contribution < 1.29 is 16.8 Å². The van der Waals surface area contributed by atoms with Crippen molar-refractivity contribution in [1.29, 1.82) is 0 Å². The molecule has 0 amide bonds. The molecule has 2 aromatic heterocycles. The van der Waals surface area contributed by atoms with Crippen molar-refractivity contribution in [2.45, 2.75) is 142 Å². The molecule has 0 unspecified atom stereocenters. The number of nitrogens with one attached hydrogen (secondary N) is 2. The Morgan fingerprint density at radius 2 is 0.750 bits per heavy atom. The predicted molar refractivity (Wildman–Crippen MR) is 229 cm³/mol. The van der Waals surface area contributed by atoms with Gasteiger partial charge in [0.1, 0.15) is 0 Å². The fourth-order valence-corrected chi connectivity index (χ4v) is 11.5. The monoisotopic (exact) mass is 786 g/mol. The molecule has 2 N–H and O–H groups in total. The molecule has 2 heterocycles. The fraction of sp³-hybridized carbons (Fsp3) is 0.571. The van der Waals surface area contributed by atoms with E-state index in [1.807, 2.05) is 48.5 Å². The van der Waals surface area contributed by atoms with Gasteiger partial charge >= 0.3 is 0 Å². The van der Waals surface area contributed by atoms with Gasteiger partial charge in [0.15, 0.2) is 0 Å². The predicted octanol–water partition coefficient (Wildman–Crippen LogP) is 13.6. The Balaban J connectivity index is 1.30. The number of unbranched alkanes of at least 4 members (excludes halogenated alkanes) is 18. The largest absolute Gasteiger partial charge is 0.283 e. The van der Waals surface area contributed by atoms with Crippen LogP contribution < -0.4 is 9.44 Å². The normalized spacial score (nSPS) is 12.1. The Labute approximate surface area is 323 Å². The minimum atomic E-state index is -3.47. The highest BCUT2D eigenvalue weighted by atomic mass is 32.2. The van der Waals surface area contributed by atoms with Crippen molar-refractivity contribution in [2.24, 2.45) is 0 Å². The number of rotatable bonds is 28. The molecule has 0 radical (unpaired) electrons. The van der Waals surface area contributed by atoms with Crippen LogP contribution >= 0.6 is 22.7 Å². The summed E-state index contributed by atoms with van der Waals surface area (Å²) in [6, 6.07) is 19.4. The maximum absolute atomic E-state index is 13.1. The quantitative estimate of drug-likeness (QED) is 0.0561. The SMILES string of the molecule is CCCCCCCCCCCCS(=O)(=O)Nc1ccccc1-c1cc2sc(-c3ccccc3NS(=O)(=O)CCCCCCCCCCCC)cc2s1. The molecule has 0 aliphatic carbocycles. The summed E-state index contributed by atoms with van der Waals surface area (Å²) in [5.41, 5.74) is 2.94. The number of para-hydroxylation sites is 2. The summed E-state index contributed by atoms with van der Waals surface area (Å²) < 4.78 is 60.2. The van der Waals surface area contributed by atoms with Gasteiger partial charge in [-0.1, -0.05) is 166 Å². The number of hydrogen-bond donors (Lipinski definition) is 2. The van der Waals surface area contributed by atoms with Crippen molar-refractivity contribution in [3.63, 3.8) is 0 Å². The standard InChI is InChI=1S/C42H62N2O4S4/c1-3-5-7-9-11-13-15-17-19-25-31-51(45,46)43-37-29-23-21-27-35(37)39-33-41-42(49-39)34-40(50-41)36-28-22-24-30-38(36)44-52(47,48)32-26-20-18-16-14-12-10-8-6-4-2/h21-24,27-30,33-34,43-44H,3-20,25-26,31-32H2,1-2H3. The zero-order valence-electron chi connectivity index (χ0n) is 31.6. The van der Waals surface area contributed by atoms with Crippen molar-refractivity contribution >= 4 is 63.5 Å². The number of thiophene rings is 2. The Bertz CT molecular complexity index is 1670. The summed E-state index contributed by atoms with van der Waals surface area (Å²) in [5.74, 6) is 0.256. The lowest BCUT2D eigenvalue weighted by atomic mass is 10.1. The van der Waals surface area contributed by atoms with Gasteiger partial charge in [0.05, 0.1) is 22.9 Å². The molecule has 52 heavy (non-hydrogen) atoms. The van der Waals surface area contributed by atoms with Crippen LogP contribution in [0.4, 0.5) is 11.4 Å². The van der Waals surface area contributed by atoms with Crippen LogP contribution in [0.3, 0.4) is 0 Å². The molecule has 288 valence electrons. The molecule has 6 nitrogen and oxygen atoms in total. The number of hydrogen-bond acceptors (Lipinski definition) is 6. The maximum Gasteiger partial charge on any atom is 0.232 e. The van der Waals surface area contributed by atoms with Gasteiger partial charge in [0, 0.05) is 30.3 Å². The highest BCUT2D eigenvalue weighted by molar-refractivity contribution is 7.93. The van der Waals surface area contributed by atoms with E-state index in [2.05, 4.69) is 35.4 Å². The van der Waals surface area contributed by atoms with Gasteiger partial charge in [0.25, 0.3) is 0 Å². The summed E-state index contributed by atoms with van der Waals surface area (Å²) in [6.07, 6.45) is 23.3. The van der Waals surface area contributed by atoms with Gasteiger partial charge in [-0.25, -0.2) is 16.8 Å². The Morgan fingerprint density at radius 1 is 0.442 bits per heavy atom. The topological polar surface area (TPSA) is 92.3 Å². The number of fused-ring (bicyclic) bond motifs is 1. The summed E-state index contributed by atoms with van der Waals surface area (Å²) >= 11 is 3.24. The molecule has 0 aliphatic heterocycles. The maximum atomic E-state index is 13.1. The lowest BCUT2D eigenvalue weighted by molar-refractivity contribution is 0.558. The molecule has 2 aromatic carbocycles. The molecule has 0 saturated heterocycles. The fourth-order valence-electron chi connectivity index (χ4n) is 6.67. The second-order valence-corrected chi connectivity index (χ2v) is 20.1. The van der Waals surface area contributed by atoms with Crippen molar-refractivity contribution in [1.82, 2.24) is 0 Å². The Hall–Kier alpha value is -2.40. The molecule has 10 heteroatoms. The average molecular weight is 787 g/mol. The Kier molecular flexibility index (Phi) is 18.5. The summed E-state index contributed by atoms with van der Waals surface area (Å²) in [5, 5.41) is 0. The third-order valence-corrected chi connectivity index (χ3v) is 14.7. The van der Waals surface area contributed by atoms with Gasteiger partial charge in [-0.2, -0.15) is 0 Å². The molecule has 0 atom stereocenters. The van der Waals surface area contributed by atoms with Crippen LogP contribution in [0.1, 0.15) is 142 Å². The lowest BCUT2D eigenvalue weighted by Crippen LogP contribution is -2.17. The first-order chi connectivity index (χ1) is 25.2. The van der Waals surface area contributed by atoms with E-state index in [9.17, 15) is 16.8 Å². The van der Waals surface area contributed by atoms with E-state index in [1.165, 1.54) is 89.9 Å². The molecule has 4 aromatic rings. The van der Waals surface area contributed by atoms with Crippen LogP contribution in [0.5, 0.6) is 0 Å². The van der Waals surface area contributed by atoms with E-state index in [0.717, 1.165) is 56.0 Å². The molecule has 0 fully saturated rings. The molecule has 0 spiro atoms. The molecular weight excluding hydrogens is 725 g/mol. The number of sulfonamides is 2. The second kappa shape index (κ2) is 22.7. The zero-order chi connectivity index (χ0) is 37.1. The minimum absolute atomic E-state index is 0.128. The first kappa shape index (κ1) is 42.3. The highest BCUT2D eigenvalue weighted by Gasteiger charge is 2.18.